The summed E-state index contributed by atoms with van der Waals surface area (Å²) in [6.45, 7) is 3.50. The number of nitrogens with one attached hydrogen (secondary N) is 1. The molecule has 1 aromatic heterocycles. The SMILES string of the molecule is CCNc1cccc(OCCCO)n1. The second-order valence-corrected chi connectivity index (χ2v) is 2.82. The molecule has 14 heavy (non-hydrogen) atoms. The van der Waals surface area contributed by atoms with Gasteiger partial charge in [0.15, 0.2) is 0 Å². The van der Waals surface area contributed by atoms with Gasteiger partial charge in [-0.25, -0.2) is 0 Å². The summed E-state index contributed by atoms with van der Waals surface area (Å²) in [6, 6.07) is 5.58. The average molecular weight is 196 g/mol. The molecule has 0 saturated heterocycles. The normalized spacial score (nSPS) is 9.86. The van der Waals surface area contributed by atoms with Crippen molar-refractivity contribution in [3.63, 3.8) is 0 Å². The zero-order valence-corrected chi connectivity index (χ0v) is 8.36. The van der Waals surface area contributed by atoms with Crippen molar-refractivity contribution in [3.8, 4) is 5.88 Å². The fourth-order valence-electron chi connectivity index (χ4n) is 1.02. The van der Waals surface area contributed by atoms with Crippen LogP contribution < -0.4 is 10.1 Å². The summed E-state index contributed by atoms with van der Waals surface area (Å²) in [5, 5.41) is 11.7. The van der Waals surface area contributed by atoms with Crippen LogP contribution in [0.1, 0.15) is 13.3 Å². The van der Waals surface area contributed by atoms with E-state index in [2.05, 4.69) is 10.3 Å². The molecule has 0 spiro atoms. The summed E-state index contributed by atoms with van der Waals surface area (Å²) in [7, 11) is 0. The van der Waals surface area contributed by atoms with Gasteiger partial charge in [0.1, 0.15) is 5.82 Å². The van der Waals surface area contributed by atoms with E-state index in [0.29, 0.717) is 18.9 Å². The molecule has 1 aromatic rings. The van der Waals surface area contributed by atoms with Gasteiger partial charge in [-0.2, -0.15) is 4.98 Å². The molecule has 4 nitrogen and oxygen atoms in total. The molecule has 0 fully saturated rings. The average Bonchev–Trinajstić information content (AvgIpc) is 2.19. The molecule has 78 valence electrons. The van der Waals surface area contributed by atoms with E-state index in [1.807, 2.05) is 19.1 Å². The van der Waals surface area contributed by atoms with Crippen LogP contribution in [-0.4, -0.2) is 29.8 Å². The van der Waals surface area contributed by atoms with E-state index in [4.69, 9.17) is 9.84 Å². The Bertz CT molecular complexity index is 266. The van der Waals surface area contributed by atoms with Crippen LogP contribution in [0.3, 0.4) is 0 Å². The van der Waals surface area contributed by atoms with E-state index in [9.17, 15) is 0 Å². The number of pyridine rings is 1. The predicted octanol–water partition coefficient (Wildman–Crippen LogP) is 1.27. The Kier molecular flexibility index (Phi) is 4.78. The highest BCUT2D eigenvalue weighted by molar-refractivity contribution is 5.36. The number of hydrogen-bond donors (Lipinski definition) is 2. The van der Waals surface area contributed by atoms with E-state index in [1.54, 1.807) is 6.07 Å². The zero-order valence-electron chi connectivity index (χ0n) is 8.36. The largest absolute Gasteiger partial charge is 0.478 e. The van der Waals surface area contributed by atoms with Crippen LogP contribution in [0.2, 0.25) is 0 Å². The van der Waals surface area contributed by atoms with Crippen LogP contribution >= 0.6 is 0 Å². The standard InChI is InChI=1S/C10H16N2O2/c1-2-11-9-5-3-6-10(12-9)14-8-4-7-13/h3,5-6,13H,2,4,7-8H2,1H3,(H,11,12). The van der Waals surface area contributed by atoms with Crippen molar-refractivity contribution >= 4 is 5.82 Å². The number of aromatic nitrogens is 1. The molecular formula is C10H16N2O2. The first-order valence-corrected chi connectivity index (χ1v) is 4.81. The van der Waals surface area contributed by atoms with E-state index in [1.165, 1.54) is 0 Å². The van der Waals surface area contributed by atoms with Crippen molar-refractivity contribution in [2.24, 2.45) is 0 Å². The second-order valence-electron chi connectivity index (χ2n) is 2.82. The Morgan fingerprint density at radius 3 is 3.07 bits per heavy atom. The van der Waals surface area contributed by atoms with E-state index < -0.39 is 0 Å². The third-order valence-corrected chi connectivity index (χ3v) is 1.63. The first-order valence-electron chi connectivity index (χ1n) is 4.81. The van der Waals surface area contributed by atoms with Gasteiger partial charge < -0.3 is 15.2 Å². The number of aliphatic hydroxyl groups excluding tert-OH is 1. The molecule has 0 aliphatic heterocycles. The van der Waals surface area contributed by atoms with Crippen molar-refractivity contribution in [3.05, 3.63) is 18.2 Å². The van der Waals surface area contributed by atoms with Crippen LogP contribution in [0.15, 0.2) is 18.2 Å². The summed E-state index contributed by atoms with van der Waals surface area (Å²) in [4.78, 5) is 4.22. The maximum Gasteiger partial charge on any atom is 0.215 e. The highest BCUT2D eigenvalue weighted by Crippen LogP contribution is 2.11. The molecule has 0 aliphatic carbocycles. The number of rotatable bonds is 6. The molecule has 0 bridgehead atoms. The van der Waals surface area contributed by atoms with Gasteiger partial charge >= 0.3 is 0 Å². The lowest BCUT2D eigenvalue weighted by molar-refractivity contribution is 0.229. The summed E-state index contributed by atoms with van der Waals surface area (Å²) in [5.74, 6) is 1.41. The summed E-state index contributed by atoms with van der Waals surface area (Å²) in [5.41, 5.74) is 0. The zero-order chi connectivity index (χ0) is 10.2. The lowest BCUT2D eigenvalue weighted by Gasteiger charge is -2.06. The van der Waals surface area contributed by atoms with Gasteiger partial charge in [0.25, 0.3) is 0 Å². The molecular weight excluding hydrogens is 180 g/mol. The predicted molar refractivity (Wildman–Crippen MR) is 55.6 cm³/mol. The van der Waals surface area contributed by atoms with Crippen LogP contribution in [0, 0.1) is 0 Å². The quantitative estimate of drug-likeness (QED) is 0.673. The molecule has 0 unspecified atom stereocenters. The summed E-state index contributed by atoms with van der Waals surface area (Å²) < 4.78 is 5.32. The fourth-order valence-corrected chi connectivity index (χ4v) is 1.02. The minimum Gasteiger partial charge on any atom is -0.478 e. The number of aliphatic hydroxyl groups is 1. The van der Waals surface area contributed by atoms with Gasteiger partial charge in [0, 0.05) is 25.6 Å². The third-order valence-electron chi connectivity index (χ3n) is 1.63. The Labute approximate surface area is 83.9 Å². The maximum atomic E-state index is 8.57. The van der Waals surface area contributed by atoms with E-state index in [0.717, 1.165) is 12.4 Å². The first-order chi connectivity index (χ1) is 6.86. The van der Waals surface area contributed by atoms with Crippen LogP contribution in [-0.2, 0) is 0 Å². The number of nitrogens with zero attached hydrogens (tertiary/aromatic N) is 1. The van der Waals surface area contributed by atoms with Crippen molar-refractivity contribution < 1.29 is 9.84 Å². The lowest BCUT2D eigenvalue weighted by atomic mass is 10.4. The smallest absolute Gasteiger partial charge is 0.215 e. The van der Waals surface area contributed by atoms with Crippen molar-refractivity contribution in [2.45, 2.75) is 13.3 Å². The number of anilines is 1. The Balaban J connectivity index is 2.46. The van der Waals surface area contributed by atoms with Crippen LogP contribution in [0.4, 0.5) is 5.82 Å². The second kappa shape index (κ2) is 6.21. The molecule has 0 radical (unpaired) electrons. The number of hydrogen-bond acceptors (Lipinski definition) is 4. The molecule has 0 aromatic carbocycles. The van der Waals surface area contributed by atoms with Gasteiger partial charge in [0.2, 0.25) is 5.88 Å². The molecule has 4 heteroatoms. The van der Waals surface area contributed by atoms with Gasteiger partial charge in [0.05, 0.1) is 6.61 Å². The molecule has 0 atom stereocenters. The van der Waals surface area contributed by atoms with Crippen molar-refractivity contribution in [1.82, 2.24) is 4.98 Å². The molecule has 0 saturated carbocycles. The molecule has 1 rings (SSSR count). The highest BCUT2D eigenvalue weighted by atomic mass is 16.5. The Hall–Kier alpha value is -1.29. The van der Waals surface area contributed by atoms with Crippen LogP contribution in [0.5, 0.6) is 5.88 Å². The van der Waals surface area contributed by atoms with Gasteiger partial charge in [-0.1, -0.05) is 6.07 Å². The van der Waals surface area contributed by atoms with E-state index >= 15 is 0 Å². The molecule has 0 amide bonds. The lowest BCUT2D eigenvalue weighted by Crippen LogP contribution is -2.03. The maximum absolute atomic E-state index is 8.57. The number of ether oxygens (including phenoxy) is 1. The van der Waals surface area contributed by atoms with E-state index in [-0.39, 0.29) is 6.61 Å². The monoisotopic (exact) mass is 196 g/mol. The van der Waals surface area contributed by atoms with Gasteiger partial charge in [-0.05, 0) is 13.0 Å². The highest BCUT2D eigenvalue weighted by Gasteiger charge is 1.96. The fraction of sp³-hybridized carbons (Fsp3) is 0.500. The summed E-state index contributed by atoms with van der Waals surface area (Å²) >= 11 is 0. The first kappa shape index (κ1) is 10.8. The van der Waals surface area contributed by atoms with Crippen LogP contribution in [0.25, 0.3) is 0 Å². The van der Waals surface area contributed by atoms with Gasteiger partial charge in [-0.3, -0.25) is 0 Å². The van der Waals surface area contributed by atoms with Crippen molar-refractivity contribution in [1.29, 1.82) is 0 Å². The van der Waals surface area contributed by atoms with Crippen molar-refractivity contribution in [2.75, 3.05) is 25.1 Å². The topological polar surface area (TPSA) is 54.4 Å². The Morgan fingerprint density at radius 2 is 2.36 bits per heavy atom. The minimum absolute atomic E-state index is 0.146. The molecule has 2 N–H and O–H groups in total. The third kappa shape index (κ3) is 3.62. The minimum atomic E-state index is 0.146. The Morgan fingerprint density at radius 1 is 1.50 bits per heavy atom. The molecule has 1 heterocycles. The molecule has 0 aliphatic rings. The van der Waals surface area contributed by atoms with Gasteiger partial charge in [-0.15, -0.1) is 0 Å². The summed E-state index contributed by atoms with van der Waals surface area (Å²) in [6.07, 6.45) is 0.632.